The second-order valence-corrected chi connectivity index (χ2v) is 8.41. The van der Waals surface area contributed by atoms with Crippen LogP contribution in [-0.2, 0) is 4.74 Å². The molecule has 0 aromatic carbocycles. The first-order chi connectivity index (χ1) is 15.9. The molecular formula is C21H25F5N4O3S. The number of halogens is 5. The van der Waals surface area contributed by atoms with Gasteiger partial charge >= 0.3 is 18.2 Å². The number of amides is 1. The lowest BCUT2D eigenvalue weighted by Crippen LogP contribution is -2.35. The van der Waals surface area contributed by atoms with Crippen LogP contribution in [-0.4, -0.2) is 51.7 Å². The van der Waals surface area contributed by atoms with Gasteiger partial charge in [0.05, 0.1) is 0 Å². The van der Waals surface area contributed by atoms with E-state index in [1.807, 2.05) is 6.92 Å². The van der Waals surface area contributed by atoms with Crippen molar-refractivity contribution >= 4 is 29.2 Å². The number of nitrogens with zero attached hydrogens (tertiary/aromatic N) is 3. The molecule has 0 radical (unpaired) electrons. The number of carbonyl (C=O) groups is 2. The van der Waals surface area contributed by atoms with Gasteiger partial charge in [-0.25, -0.2) is 28.3 Å². The lowest BCUT2D eigenvalue weighted by atomic mass is 10.2. The number of hydrogen-bond donors (Lipinski definition) is 1. The number of likely N-dealkylation sites (tertiary alicyclic amines) is 1. The van der Waals surface area contributed by atoms with Gasteiger partial charge in [0.2, 0.25) is 5.01 Å². The topological polar surface area (TPSA) is 84.4 Å². The smallest absolute Gasteiger partial charge is 0.371 e. The number of hydrogen-bond acceptors (Lipinski definition) is 7. The lowest BCUT2D eigenvalue weighted by Gasteiger charge is -2.20. The number of esters is 1. The fourth-order valence-corrected chi connectivity index (χ4v) is 3.76. The molecule has 0 spiro atoms. The average Bonchev–Trinajstić information content (AvgIpc) is 3.40. The Morgan fingerprint density at radius 1 is 1.35 bits per heavy atom. The van der Waals surface area contributed by atoms with E-state index in [0.717, 1.165) is 36.9 Å². The number of carbonyl (C=O) groups excluding carboxylic acids is 2. The van der Waals surface area contributed by atoms with Crippen LogP contribution in [0.25, 0.3) is 0 Å². The first-order valence-corrected chi connectivity index (χ1v) is 11.3. The SMILES string of the molecule is CC[C@H](Nc1cc(C(F)F)ccn1)C(F)(F)F.Cc1csc(C(=O)OC(=O)N2CCC[C@@H]2C)n1. The number of rotatable bonds is 5. The van der Waals surface area contributed by atoms with Crippen molar-refractivity contribution in [1.29, 1.82) is 0 Å². The van der Waals surface area contributed by atoms with Crippen LogP contribution in [0.5, 0.6) is 0 Å². The standard InChI is InChI=1S/C11H14N2O3S.C10H11F5N2/c1-7-6-17-9(12-7)10(14)16-11(15)13-5-3-4-8(13)2;1-2-7(10(13,14)15)17-8-5-6(9(11)12)3-4-16-8/h6,8H,3-5H2,1-2H3;3-5,7,9H,2H2,1H3,(H,16,17)/t8-;7-/m00/s1. The van der Waals surface area contributed by atoms with Gasteiger partial charge in [-0.15, -0.1) is 11.3 Å². The minimum Gasteiger partial charge on any atom is -0.371 e. The summed E-state index contributed by atoms with van der Waals surface area (Å²) in [6, 6.07) is 0.333. The number of nitrogens with one attached hydrogen (secondary N) is 1. The van der Waals surface area contributed by atoms with E-state index in [-0.39, 0.29) is 28.9 Å². The predicted octanol–water partition coefficient (Wildman–Crippen LogP) is 5.98. The zero-order valence-corrected chi connectivity index (χ0v) is 19.6. The Bertz CT molecular complexity index is 970. The van der Waals surface area contributed by atoms with Crippen LogP contribution < -0.4 is 5.32 Å². The zero-order valence-electron chi connectivity index (χ0n) is 18.7. The summed E-state index contributed by atoms with van der Waals surface area (Å²) in [6.07, 6.45) is -4.97. The fraction of sp³-hybridized carbons (Fsp3) is 0.524. The van der Waals surface area contributed by atoms with E-state index in [0.29, 0.717) is 6.54 Å². The number of alkyl halides is 5. The van der Waals surface area contributed by atoms with E-state index >= 15 is 0 Å². The summed E-state index contributed by atoms with van der Waals surface area (Å²) in [4.78, 5) is 32.5. The number of aryl methyl sites for hydroxylation is 1. The highest BCUT2D eigenvalue weighted by Gasteiger charge is 2.38. The maximum absolute atomic E-state index is 12.4. The van der Waals surface area contributed by atoms with Gasteiger partial charge in [-0.1, -0.05) is 6.92 Å². The van der Waals surface area contributed by atoms with Gasteiger partial charge in [0.15, 0.2) is 0 Å². The summed E-state index contributed by atoms with van der Waals surface area (Å²) >= 11 is 1.19. The van der Waals surface area contributed by atoms with Crippen molar-refractivity contribution in [3.63, 3.8) is 0 Å². The molecule has 2 aromatic rings. The van der Waals surface area contributed by atoms with Gasteiger partial charge < -0.3 is 15.0 Å². The molecule has 3 heterocycles. The maximum atomic E-state index is 12.4. The van der Waals surface area contributed by atoms with Gasteiger partial charge in [-0.3, -0.25) is 0 Å². The maximum Gasteiger partial charge on any atom is 0.418 e. The first kappa shape index (κ1) is 27.4. The molecule has 1 amide bonds. The van der Waals surface area contributed by atoms with Gasteiger partial charge in [-0.05, 0) is 45.2 Å². The second-order valence-electron chi connectivity index (χ2n) is 7.56. The Morgan fingerprint density at radius 3 is 2.56 bits per heavy atom. The number of pyridine rings is 1. The molecule has 188 valence electrons. The molecule has 1 aliphatic rings. The van der Waals surface area contributed by atoms with Crippen LogP contribution in [0.15, 0.2) is 23.7 Å². The quantitative estimate of drug-likeness (QED) is 0.304. The van der Waals surface area contributed by atoms with E-state index < -0.39 is 30.7 Å². The van der Waals surface area contributed by atoms with Crippen LogP contribution in [0.2, 0.25) is 0 Å². The molecule has 3 rings (SSSR count). The largest absolute Gasteiger partial charge is 0.418 e. The highest BCUT2D eigenvalue weighted by molar-refractivity contribution is 7.11. The summed E-state index contributed by atoms with van der Waals surface area (Å²) in [6.45, 7) is 5.75. The van der Waals surface area contributed by atoms with E-state index in [9.17, 15) is 31.5 Å². The Kier molecular flexibility index (Phi) is 9.71. The second kappa shape index (κ2) is 12.0. The van der Waals surface area contributed by atoms with Crippen molar-refractivity contribution in [3.05, 3.63) is 40.0 Å². The Labute approximate surface area is 197 Å². The first-order valence-electron chi connectivity index (χ1n) is 10.4. The van der Waals surface area contributed by atoms with Crippen molar-refractivity contribution < 1.29 is 36.3 Å². The molecule has 1 N–H and O–H groups in total. The molecule has 34 heavy (non-hydrogen) atoms. The third-order valence-electron chi connectivity index (χ3n) is 4.92. The van der Waals surface area contributed by atoms with Crippen molar-refractivity contribution in [3.8, 4) is 0 Å². The minimum absolute atomic E-state index is 0.147. The minimum atomic E-state index is -4.43. The molecule has 0 aliphatic carbocycles. The van der Waals surface area contributed by atoms with Crippen LogP contribution in [0, 0.1) is 6.92 Å². The number of ether oxygens (including phenoxy) is 1. The Morgan fingerprint density at radius 2 is 2.06 bits per heavy atom. The summed E-state index contributed by atoms with van der Waals surface area (Å²) in [7, 11) is 0. The molecule has 0 unspecified atom stereocenters. The molecular weight excluding hydrogens is 483 g/mol. The third kappa shape index (κ3) is 7.89. The van der Waals surface area contributed by atoms with Crippen molar-refractivity contribution in [2.45, 2.75) is 64.7 Å². The van der Waals surface area contributed by atoms with E-state index in [2.05, 4.69) is 15.3 Å². The van der Waals surface area contributed by atoms with Crippen LogP contribution in [0.3, 0.4) is 0 Å². The monoisotopic (exact) mass is 508 g/mol. The van der Waals surface area contributed by atoms with Crippen LogP contribution in [0.1, 0.15) is 60.6 Å². The van der Waals surface area contributed by atoms with Crippen molar-refractivity contribution in [2.24, 2.45) is 0 Å². The molecule has 1 saturated heterocycles. The van der Waals surface area contributed by atoms with Gasteiger partial charge in [-0.2, -0.15) is 13.2 Å². The number of aromatic nitrogens is 2. The molecule has 2 atom stereocenters. The highest BCUT2D eigenvalue weighted by Crippen LogP contribution is 2.27. The van der Waals surface area contributed by atoms with E-state index in [1.54, 1.807) is 17.2 Å². The predicted molar refractivity (Wildman–Crippen MR) is 116 cm³/mol. The van der Waals surface area contributed by atoms with Crippen LogP contribution >= 0.6 is 11.3 Å². The van der Waals surface area contributed by atoms with Gasteiger partial charge in [0.25, 0.3) is 6.43 Å². The van der Waals surface area contributed by atoms with Crippen molar-refractivity contribution in [2.75, 3.05) is 11.9 Å². The van der Waals surface area contributed by atoms with Crippen LogP contribution in [0.4, 0.5) is 32.6 Å². The summed E-state index contributed by atoms with van der Waals surface area (Å²) in [5, 5.41) is 4.07. The summed E-state index contributed by atoms with van der Waals surface area (Å²) in [5.74, 6) is -0.862. The lowest BCUT2D eigenvalue weighted by molar-refractivity contribution is -0.142. The fourth-order valence-electron chi connectivity index (χ4n) is 3.09. The molecule has 7 nitrogen and oxygen atoms in total. The Hall–Kier alpha value is -2.83. The Balaban J connectivity index is 0.000000240. The summed E-state index contributed by atoms with van der Waals surface area (Å²) < 4.78 is 66.7. The molecule has 0 bridgehead atoms. The van der Waals surface area contributed by atoms with Gasteiger partial charge in [0, 0.05) is 35.4 Å². The zero-order chi connectivity index (χ0) is 25.5. The normalized spacial score (nSPS) is 16.6. The number of thiazole rings is 1. The highest BCUT2D eigenvalue weighted by atomic mass is 32.1. The average molecular weight is 509 g/mol. The van der Waals surface area contributed by atoms with Gasteiger partial charge in [0.1, 0.15) is 11.9 Å². The molecule has 2 aromatic heterocycles. The summed E-state index contributed by atoms with van der Waals surface area (Å²) in [5.41, 5.74) is 0.392. The number of anilines is 1. The molecule has 1 fully saturated rings. The van der Waals surface area contributed by atoms with Crippen molar-refractivity contribution in [1.82, 2.24) is 14.9 Å². The van der Waals surface area contributed by atoms with E-state index in [1.165, 1.54) is 18.3 Å². The molecule has 1 aliphatic heterocycles. The third-order valence-corrected chi connectivity index (χ3v) is 5.86. The van der Waals surface area contributed by atoms with E-state index in [4.69, 9.17) is 4.74 Å². The molecule has 13 heteroatoms. The molecule has 0 saturated carbocycles.